The van der Waals surface area contributed by atoms with Gasteiger partial charge in [0.15, 0.2) is 0 Å². The molecular weight excluding hydrogens is 586 g/mol. The first kappa shape index (κ1) is 40.5. The van der Waals surface area contributed by atoms with Crippen molar-refractivity contribution in [1.82, 2.24) is 36.9 Å². The van der Waals surface area contributed by atoms with E-state index in [4.69, 9.17) is 0 Å². The number of hydrogen-bond acceptors (Lipinski definition) is 7. The van der Waals surface area contributed by atoms with E-state index in [9.17, 15) is 24.0 Å². The van der Waals surface area contributed by atoms with Gasteiger partial charge in [-0.05, 0) is 63.0 Å². The van der Waals surface area contributed by atoms with E-state index in [1.54, 1.807) is 19.1 Å². The Morgan fingerprint density at radius 1 is 0.717 bits per heavy atom. The average Bonchev–Trinajstić information content (AvgIpc) is 3.01. The van der Waals surface area contributed by atoms with Crippen LogP contribution < -0.4 is 31.9 Å². The maximum absolute atomic E-state index is 13.6. The van der Waals surface area contributed by atoms with Crippen LogP contribution in [0.4, 0.5) is 0 Å². The summed E-state index contributed by atoms with van der Waals surface area (Å²) in [5.41, 5.74) is 0.394. The first-order valence-corrected chi connectivity index (χ1v) is 16.9. The summed E-state index contributed by atoms with van der Waals surface area (Å²) >= 11 is 0. The highest BCUT2D eigenvalue weighted by molar-refractivity contribution is 5.98. The molecule has 1 aromatic heterocycles. The fourth-order valence-electron chi connectivity index (χ4n) is 5.02. The molecule has 0 fully saturated rings. The van der Waals surface area contributed by atoms with Gasteiger partial charge in [0.05, 0.1) is 6.04 Å². The average molecular weight is 646 g/mol. The monoisotopic (exact) mass is 645 g/mol. The molecule has 0 saturated carbocycles. The second-order valence-electron chi connectivity index (χ2n) is 13.0. The van der Waals surface area contributed by atoms with Gasteiger partial charge in [0.1, 0.15) is 18.1 Å². The van der Waals surface area contributed by atoms with E-state index in [-0.39, 0.29) is 47.4 Å². The minimum Gasteiger partial charge on any atom is -0.355 e. The topological polar surface area (TPSA) is 170 Å². The number of amides is 5. The Bertz CT molecular complexity index is 1100. The molecule has 260 valence electrons. The molecule has 0 bridgehead atoms. The summed E-state index contributed by atoms with van der Waals surface area (Å²) in [6.45, 7) is 18.2. The lowest BCUT2D eigenvalue weighted by Crippen LogP contribution is -2.58. The van der Waals surface area contributed by atoms with Gasteiger partial charge in [0.2, 0.25) is 23.6 Å². The number of nitrogens with zero attached hydrogens (tertiary/aromatic N) is 1. The Morgan fingerprint density at radius 2 is 1.33 bits per heavy atom. The fraction of sp³-hybridized carbons (Fsp3) is 0.706. The number of aromatic nitrogens is 1. The third-order valence-corrected chi connectivity index (χ3v) is 7.79. The predicted octanol–water partition coefficient (Wildman–Crippen LogP) is 2.69. The molecule has 12 nitrogen and oxygen atoms in total. The SMILES string of the molecule is CCC[C@H](NC(=O)[C@@H](NC(=O)c1ccncc1)[C@@H](C)CC)C(=O)N[C@H](CN[C@@H](C)C(=O)N[C@@H](CC(C)C)C(=O)NCC)CC(C)C. The van der Waals surface area contributed by atoms with E-state index in [2.05, 4.69) is 36.9 Å². The highest BCUT2D eigenvalue weighted by atomic mass is 16.2. The van der Waals surface area contributed by atoms with Crippen molar-refractivity contribution in [3.05, 3.63) is 30.1 Å². The molecule has 1 aromatic rings. The minimum atomic E-state index is -0.829. The Morgan fingerprint density at radius 3 is 1.87 bits per heavy atom. The maximum Gasteiger partial charge on any atom is 0.252 e. The van der Waals surface area contributed by atoms with Gasteiger partial charge in [0, 0.05) is 37.1 Å². The lowest BCUT2D eigenvalue weighted by molar-refractivity contribution is -0.131. The third-order valence-electron chi connectivity index (χ3n) is 7.79. The summed E-state index contributed by atoms with van der Waals surface area (Å²) in [6, 6.07) is -0.0259. The second kappa shape index (κ2) is 21.3. The van der Waals surface area contributed by atoms with E-state index in [1.807, 2.05) is 55.4 Å². The Hall–Kier alpha value is -3.54. The van der Waals surface area contributed by atoms with Gasteiger partial charge in [-0.3, -0.25) is 29.0 Å². The van der Waals surface area contributed by atoms with Crippen molar-refractivity contribution >= 4 is 29.5 Å². The quantitative estimate of drug-likeness (QED) is 0.119. The van der Waals surface area contributed by atoms with Crippen LogP contribution in [0.25, 0.3) is 0 Å². The molecule has 0 spiro atoms. The molecule has 12 heteroatoms. The minimum absolute atomic E-state index is 0.171. The lowest BCUT2D eigenvalue weighted by Gasteiger charge is -2.29. The molecule has 0 aromatic carbocycles. The van der Waals surface area contributed by atoms with Crippen molar-refractivity contribution in [2.75, 3.05) is 13.1 Å². The third kappa shape index (κ3) is 14.7. The molecule has 0 aliphatic rings. The predicted molar refractivity (Wildman–Crippen MR) is 181 cm³/mol. The van der Waals surface area contributed by atoms with Gasteiger partial charge in [-0.1, -0.05) is 61.3 Å². The van der Waals surface area contributed by atoms with Crippen molar-refractivity contribution < 1.29 is 24.0 Å². The standard InChI is InChI=1S/C34H59N7O5/c1-10-13-27(39-34(46)29(23(8)11-2)41-31(43)25-14-16-35-17-15-25)33(45)38-26(18-21(4)5)20-37-24(9)30(42)40-28(19-22(6)7)32(44)36-12-3/h14-17,21-24,26-29,37H,10-13,18-20H2,1-9H3,(H,36,44)(H,38,45)(H,39,46)(H,40,42)(H,41,43)/t23-,24-,26-,27-,28-,29-/m0/s1. The first-order valence-electron chi connectivity index (χ1n) is 16.9. The van der Waals surface area contributed by atoms with Gasteiger partial charge in [0.25, 0.3) is 5.91 Å². The molecule has 6 atom stereocenters. The van der Waals surface area contributed by atoms with Crippen LogP contribution in [-0.4, -0.2) is 77.8 Å². The first-order chi connectivity index (χ1) is 21.7. The number of carbonyl (C=O) groups excluding carboxylic acids is 5. The van der Waals surface area contributed by atoms with Crippen molar-refractivity contribution in [3.8, 4) is 0 Å². The Labute approximate surface area is 275 Å². The highest BCUT2D eigenvalue weighted by Crippen LogP contribution is 2.12. The van der Waals surface area contributed by atoms with Gasteiger partial charge in [-0.25, -0.2) is 0 Å². The number of likely N-dealkylation sites (N-methyl/N-ethyl adjacent to an activating group) is 1. The molecule has 1 heterocycles. The van der Waals surface area contributed by atoms with E-state index in [0.29, 0.717) is 50.8 Å². The summed E-state index contributed by atoms with van der Waals surface area (Å²) in [7, 11) is 0. The largest absolute Gasteiger partial charge is 0.355 e. The summed E-state index contributed by atoms with van der Waals surface area (Å²) in [4.78, 5) is 69.4. The van der Waals surface area contributed by atoms with Gasteiger partial charge in [-0.2, -0.15) is 0 Å². The summed E-state index contributed by atoms with van der Waals surface area (Å²) < 4.78 is 0. The van der Waals surface area contributed by atoms with E-state index < -0.39 is 30.1 Å². The van der Waals surface area contributed by atoms with Crippen molar-refractivity contribution in [2.24, 2.45) is 17.8 Å². The Balaban J connectivity index is 2.96. The molecule has 0 radical (unpaired) electrons. The lowest BCUT2D eigenvalue weighted by atomic mass is 9.97. The number of nitrogens with one attached hydrogen (secondary N) is 6. The van der Waals surface area contributed by atoms with E-state index >= 15 is 0 Å². The van der Waals surface area contributed by atoms with Gasteiger partial charge >= 0.3 is 0 Å². The second-order valence-corrected chi connectivity index (χ2v) is 13.0. The van der Waals surface area contributed by atoms with Crippen LogP contribution in [0.15, 0.2) is 24.5 Å². The highest BCUT2D eigenvalue weighted by Gasteiger charge is 2.31. The molecule has 0 saturated heterocycles. The molecule has 6 N–H and O–H groups in total. The molecule has 0 aliphatic heterocycles. The molecular formula is C34H59N7O5. The number of carbonyl (C=O) groups is 5. The number of hydrogen-bond donors (Lipinski definition) is 6. The van der Waals surface area contributed by atoms with Crippen LogP contribution in [-0.2, 0) is 19.2 Å². The van der Waals surface area contributed by atoms with Crippen LogP contribution in [0.5, 0.6) is 0 Å². The van der Waals surface area contributed by atoms with Crippen molar-refractivity contribution in [2.45, 2.75) is 125 Å². The van der Waals surface area contributed by atoms with Gasteiger partial charge < -0.3 is 31.9 Å². The summed E-state index contributed by atoms with van der Waals surface area (Å²) in [5.74, 6) is -1.34. The zero-order valence-corrected chi connectivity index (χ0v) is 29.4. The molecule has 46 heavy (non-hydrogen) atoms. The smallest absolute Gasteiger partial charge is 0.252 e. The van der Waals surface area contributed by atoms with Crippen molar-refractivity contribution in [1.29, 1.82) is 0 Å². The van der Waals surface area contributed by atoms with Crippen LogP contribution >= 0.6 is 0 Å². The van der Waals surface area contributed by atoms with Crippen LogP contribution in [0.3, 0.4) is 0 Å². The summed E-state index contributed by atoms with van der Waals surface area (Å²) in [5, 5.41) is 17.7. The summed E-state index contributed by atoms with van der Waals surface area (Å²) in [6.07, 6.45) is 5.91. The van der Waals surface area contributed by atoms with Gasteiger partial charge in [-0.15, -0.1) is 0 Å². The molecule has 5 amide bonds. The molecule has 0 unspecified atom stereocenters. The van der Waals surface area contributed by atoms with Crippen molar-refractivity contribution in [3.63, 3.8) is 0 Å². The van der Waals surface area contributed by atoms with Crippen LogP contribution in [0.2, 0.25) is 0 Å². The Kier molecular flexibility index (Phi) is 18.7. The fourth-order valence-corrected chi connectivity index (χ4v) is 5.02. The van der Waals surface area contributed by atoms with E-state index in [0.717, 1.165) is 0 Å². The van der Waals surface area contributed by atoms with Crippen LogP contribution in [0, 0.1) is 17.8 Å². The molecule has 1 rings (SSSR count). The zero-order chi connectivity index (χ0) is 34.8. The number of rotatable bonds is 21. The number of pyridine rings is 1. The zero-order valence-electron chi connectivity index (χ0n) is 29.4. The molecule has 0 aliphatic carbocycles. The van der Waals surface area contributed by atoms with E-state index in [1.165, 1.54) is 12.4 Å². The maximum atomic E-state index is 13.6. The van der Waals surface area contributed by atoms with Crippen LogP contribution in [0.1, 0.15) is 105 Å². The normalized spacial score (nSPS) is 15.2.